The monoisotopic (exact) mass is 391 g/mol. The van der Waals surface area contributed by atoms with Crippen LogP contribution in [0.2, 0.25) is 0 Å². The summed E-state index contributed by atoms with van der Waals surface area (Å²) in [6.45, 7) is 6.55. The third kappa shape index (κ3) is 5.94. The van der Waals surface area contributed by atoms with E-state index in [-0.39, 0.29) is 5.91 Å². The summed E-state index contributed by atoms with van der Waals surface area (Å²) in [6, 6.07) is 17.4. The minimum absolute atomic E-state index is 0.120. The van der Waals surface area contributed by atoms with Crippen LogP contribution in [0, 0.1) is 0 Å². The van der Waals surface area contributed by atoms with Crippen LogP contribution in [-0.2, 0) is 24.2 Å². The third-order valence-electron chi connectivity index (χ3n) is 5.60. The molecule has 3 N–H and O–H groups in total. The van der Waals surface area contributed by atoms with E-state index >= 15 is 0 Å². The summed E-state index contributed by atoms with van der Waals surface area (Å²) in [5, 5.41) is 2.92. The molecule has 0 fully saturated rings. The van der Waals surface area contributed by atoms with E-state index in [1.165, 1.54) is 22.4 Å². The van der Waals surface area contributed by atoms with Gasteiger partial charge in [-0.15, -0.1) is 0 Å². The number of hydrogen-bond acceptors (Lipinski definition) is 3. The Kier molecular flexibility index (Phi) is 7.88. The van der Waals surface area contributed by atoms with Crippen molar-refractivity contribution in [2.24, 2.45) is 5.73 Å². The zero-order valence-electron chi connectivity index (χ0n) is 17.3. The van der Waals surface area contributed by atoms with E-state index in [2.05, 4.69) is 65.3 Å². The number of nitrogens with one attached hydrogen (secondary N) is 1. The summed E-state index contributed by atoms with van der Waals surface area (Å²) in [5.74, 6) is 0.120. The van der Waals surface area contributed by atoms with Crippen molar-refractivity contribution in [3.8, 4) is 0 Å². The minimum Gasteiger partial charge on any atom is -0.356 e. The zero-order valence-corrected chi connectivity index (χ0v) is 17.3. The standard InChI is InChI=1S/C25H33N3O/c1-20(9-2-7-14-25(29)27-18-8-17-26)28-19-23-12-4-3-10-21(23)15-16-22-11-5-6-13-24(22)28/h3-6,10-13H,1-2,7-9,14-19,26H2,(H,27,29). The fourth-order valence-electron chi connectivity index (χ4n) is 3.92. The van der Waals surface area contributed by atoms with Crippen LogP contribution in [0.25, 0.3) is 0 Å². The van der Waals surface area contributed by atoms with Crippen molar-refractivity contribution in [1.82, 2.24) is 5.32 Å². The van der Waals surface area contributed by atoms with Gasteiger partial charge >= 0.3 is 0 Å². The highest BCUT2D eigenvalue weighted by molar-refractivity contribution is 5.75. The number of carbonyl (C=O) groups is 1. The van der Waals surface area contributed by atoms with Gasteiger partial charge in [-0.25, -0.2) is 0 Å². The summed E-state index contributed by atoms with van der Waals surface area (Å²) >= 11 is 0. The molecule has 1 aliphatic rings. The predicted molar refractivity (Wildman–Crippen MR) is 121 cm³/mol. The third-order valence-corrected chi connectivity index (χ3v) is 5.60. The number of hydrogen-bond donors (Lipinski definition) is 2. The summed E-state index contributed by atoms with van der Waals surface area (Å²) < 4.78 is 0. The van der Waals surface area contributed by atoms with Gasteiger partial charge in [0.05, 0.1) is 0 Å². The van der Waals surface area contributed by atoms with E-state index in [1.54, 1.807) is 0 Å². The fourth-order valence-corrected chi connectivity index (χ4v) is 3.92. The molecule has 0 aromatic heterocycles. The van der Waals surface area contributed by atoms with Crippen molar-refractivity contribution < 1.29 is 4.79 Å². The first-order chi connectivity index (χ1) is 14.2. The lowest BCUT2D eigenvalue weighted by Gasteiger charge is -2.32. The van der Waals surface area contributed by atoms with E-state index in [1.807, 2.05) is 0 Å². The molecule has 1 aliphatic heterocycles. The van der Waals surface area contributed by atoms with E-state index in [9.17, 15) is 4.79 Å². The number of unbranched alkanes of at least 4 members (excludes halogenated alkanes) is 1. The van der Waals surface area contributed by atoms with E-state index in [0.717, 1.165) is 50.8 Å². The number of rotatable bonds is 9. The number of carbonyl (C=O) groups excluding carboxylic acids is 1. The smallest absolute Gasteiger partial charge is 0.219 e. The molecule has 29 heavy (non-hydrogen) atoms. The maximum absolute atomic E-state index is 11.9. The SMILES string of the molecule is C=C(CCCCC(=O)NCCCN)N1Cc2ccccc2CCc2ccccc21. The first-order valence-corrected chi connectivity index (χ1v) is 10.8. The van der Waals surface area contributed by atoms with Crippen LogP contribution in [0.1, 0.15) is 48.8 Å². The largest absolute Gasteiger partial charge is 0.356 e. The molecule has 2 aromatic carbocycles. The van der Waals surface area contributed by atoms with E-state index < -0.39 is 0 Å². The van der Waals surface area contributed by atoms with Crippen LogP contribution in [0.4, 0.5) is 5.69 Å². The number of benzene rings is 2. The molecule has 0 saturated carbocycles. The lowest BCUT2D eigenvalue weighted by atomic mass is 9.95. The van der Waals surface area contributed by atoms with E-state index in [0.29, 0.717) is 19.5 Å². The van der Waals surface area contributed by atoms with Crippen molar-refractivity contribution >= 4 is 11.6 Å². The summed E-state index contributed by atoms with van der Waals surface area (Å²) in [7, 11) is 0. The van der Waals surface area contributed by atoms with Crippen LogP contribution < -0.4 is 16.0 Å². The molecule has 154 valence electrons. The molecule has 0 bridgehead atoms. The van der Waals surface area contributed by atoms with Crippen LogP contribution >= 0.6 is 0 Å². The van der Waals surface area contributed by atoms with Gasteiger partial charge in [0.15, 0.2) is 0 Å². The van der Waals surface area contributed by atoms with Gasteiger partial charge in [0.25, 0.3) is 0 Å². The second-order valence-electron chi connectivity index (χ2n) is 7.75. The topological polar surface area (TPSA) is 58.4 Å². The van der Waals surface area contributed by atoms with Gasteiger partial charge in [0.1, 0.15) is 0 Å². The molecule has 0 atom stereocenters. The summed E-state index contributed by atoms with van der Waals surface area (Å²) in [6.07, 6.45) is 6.25. The zero-order chi connectivity index (χ0) is 20.5. The van der Waals surface area contributed by atoms with Gasteiger partial charge in [-0.2, -0.15) is 0 Å². The molecule has 0 spiro atoms. The average Bonchev–Trinajstić information content (AvgIpc) is 2.73. The Morgan fingerprint density at radius 3 is 2.38 bits per heavy atom. The number of allylic oxidation sites excluding steroid dienone is 1. The Balaban J connectivity index is 1.61. The molecule has 0 radical (unpaired) electrons. The molecule has 1 heterocycles. The first-order valence-electron chi connectivity index (χ1n) is 10.8. The Labute approximate surface area is 174 Å². The second kappa shape index (κ2) is 10.8. The maximum atomic E-state index is 11.9. The Morgan fingerprint density at radius 2 is 1.59 bits per heavy atom. The molecule has 2 aromatic rings. The van der Waals surface area contributed by atoms with Gasteiger partial charge < -0.3 is 16.0 Å². The first kappa shape index (κ1) is 21.1. The molecule has 3 rings (SSSR count). The fraction of sp³-hybridized carbons (Fsp3) is 0.400. The van der Waals surface area contributed by atoms with Crippen LogP contribution in [0.15, 0.2) is 60.8 Å². The molecular formula is C25H33N3O. The van der Waals surface area contributed by atoms with Crippen molar-refractivity contribution in [2.75, 3.05) is 18.0 Å². The lowest BCUT2D eigenvalue weighted by Crippen LogP contribution is -2.26. The molecule has 0 aliphatic carbocycles. The highest BCUT2D eigenvalue weighted by Crippen LogP contribution is 2.31. The number of nitrogens with zero attached hydrogens (tertiary/aromatic N) is 1. The normalized spacial score (nSPS) is 13.1. The Hall–Kier alpha value is -2.59. The molecule has 1 amide bonds. The molecular weight excluding hydrogens is 358 g/mol. The number of aryl methyl sites for hydroxylation is 2. The highest BCUT2D eigenvalue weighted by atomic mass is 16.1. The number of para-hydroxylation sites is 1. The average molecular weight is 392 g/mol. The second-order valence-corrected chi connectivity index (χ2v) is 7.75. The van der Waals surface area contributed by atoms with Gasteiger partial charge in [-0.05, 0) is 67.8 Å². The molecule has 0 saturated heterocycles. The molecule has 4 nitrogen and oxygen atoms in total. The van der Waals surface area contributed by atoms with Crippen molar-refractivity contribution in [1.29, 1.82) is 0 Å². The van der Waals surface area contributed by atoms with Crippen LogP contribution in [-0.4, -0.2) is 19.0 Å². The molecule has 4 heteroatoms. The van der Waals surface area contributed by atoms with Crippen LogP contribution in [0.3, 0.4) is 0 Å². The quantitative estimate of drug-likeness (QED) is 0.626. The van der Waals surface area contributed by atoms with Crippen LogP contribution in [0.5, 0.6) is 0 Å². The Morgan fingerprint density at radius 1 is 0.931 bits per heavy atom. The molecule has 0 unspecified atom stereocenters. The number of nitrogens with two attached hydrogens (primary N) is 1. The summed E-state index contributed by atoms with van der Waals surface area (Å²) in [4.78, 5) is 14.2. The van der Waals surface area contributed by atoms with Gasteiger partial charge in [0.2, 0.25) is 5.91 Å². The number of fused-ring (bicyclic) bond motifs is 2. The Bertz CT molecular complexity index is 830. The predicted octanol–water partition coefficient (Wildman–Crippen LogP) is 4.33. The minimum atomic E-state index is 0.120. The van der Waals surface area contributed by atoms with Crippen molar-refractivity contribution in [3.63, 3.8) is 0 Å². The highest BCUT2D eigenvalue weighted by Gasteiger charge is 2.19. The number of anilines is 1. The van der Waals surface area contributed by atoms with Crippen molar-refractivity contribution in [2.45, 2.75) is 51.5 Å². The van der Waals surface area contributed by atoms with Gasteiger partial charge in [0, 0.05) is 30.9 Å². The number of amides is 1. The van der Waals surface area contributed by atoms with E-state index in [4.69, 9.17) is 5.73 Å². The van der Waals surface area contributed by atoms with Crippen molar-refractivity contribution in [3.05, 3.63) is 77.5 Å². The summed E-state index contributed by atoms with van der Waals surface area (Å²) in [5.41, 5.74) is 12.0. The maximum Gasteiger partial charge on any atom is 0.219 e. The lowest BCUT2D eigenvalue weighted by molar-refractivity contribution is -0.121. The van der Waals surface area contributed by atoms with Gasteiger partial charge in [-0.1, -0.05) is 49.0 Å². The van der Waals surface area contributed by atoms with Gasteiger partial charge in [-0.3, -0.25) is 4.79 Å².